The summed E-state index contributed by atoms with van der Waals surface area (Å²) >= 11 is 0. The van der Waals surface area contributed by atoms with Gasteiger partial charge in [0.2, 0.25) is 5.91 Å². The fourth-order valence-corrected chi connectivity index (χ4v) is 3.24. The van der Waals surface area contributed by atoms with Crippen molar-refractivity contribution in [3.8, 4) is 5.75 Å². The van der Waals surface area contributed by atoms with E-state index in [4.69, 9.17) is 4.74 Å². The van der Waals surface area contributed by atoms with Gasteiger partial charge in [0.05, 0.1) is 24.9 Å². The molecule has 1 aromatic heterocycles. The number of carbonyl (C=O) groups excluding carboxylic acids is 1. The quantitative estimate of drug-likeness (QED) is 0.797. The summed E-state index contributed by atoms with van der Waals surface area (Å²) in [5.74, 6) is 1.21. The van der Waals surface area contributed by atoms with Crippen molar-refractivity contribution in [3.05, 3.63) is 52.4 Å². The molecule has 1 amide bonds. The third-order valence-corrected chi connectivity index (χ3v) is 4.79. The summed E-state index contributed by atoms with van der Waals surface area (Å²) in [6.07, 6.45) is 3.06. The molecule has 1 aromatic carbocycles. The van der Waals surface area contributed by atoms with Crippen molar-refractivity contribution in [1.82, 2.24) is 15.1 Å². The second-order valence-electron chi connectivity index (χ2n) is 6.83. The fourth-order valence-electron chi connectivity index (χ4n) is 3.24. The summed E-state index contributed by atoms with van der Waals surface area (Å²) in [7, 11) is 1.64. The normalized spacial score (nSPS) is 16.4. The lowest BCUT2D eigenvalue weighted by molar-refractivity contribution is -0.120. The molecule has 7 nitrogen and oxygen atoms in total. The molecule has 3 rings (SSSR count). The molecule has 1 fully saturated rings. The maximum Gasteiger partial charge on any atom is 0.268 e. The SMILES string of the molecule is CCOc1ccc(CC(=O)NC[C@H]2CCN(c3cnn(C)c(=O)c3)C2)cc1. The molecule has 144 valence electrons. The summed E-state index contributed by atoms with van der Waals surface area (Å²) in [5, 5.41) is 7.10. The average molecular weight is 370 g/mol. The van der Waals surface area contributed by atoms with E-state index in [1.54, 1.807) is 19.3 Å². The van der Waals surface area contributed by atoms with Crippen molar-refractivity contribution >= 4 is 11.6 Å². The number of amides is 1. The molecule has 27 heavy (non-hydrogen) atoms. The predicted octanol–water partition coefficient (Wildman–Crippen LogP) is 1.36. The van der Waals surface area contributed by atoms with Crippen LogP contribution < -0.4 is 20.5 Å². The van der Waals surface area contributed by atoms with Crippen LogP contribution >= 0.6 is 0 Å². The van der Waals surface area contributed by atoms with Gasteiger partial charge in [0.15, 0.2) is 0 Å². The van der Waals surface area contributed by atoms with Crippen LogP contribution in [0.1, 0.15) is 18.9 Å². The highest BCUT2D eigenvalue weighted by Gasteiger charge is 2.23. The summed E-state index contributed by atoms with van der Waals surface area (Å²) < 4.78 is 6.73. The van der Waals surface area contributed by atoms with E-state index in [1.165, 1.54) is 4.68 Å². The van der Waals surface area contributed by atoms with Gasteiger partial charge < -0.3 is 15.0 Å². The topological polar surface area (TPSA) is 76.5 Å². The molecular weight excluding hydrogens is 344 g/mol. The lowest BCUT2D eigenvalue weighted by Crippen LogP contribution is -2.32. The van der Waals surface area contributed by atoms with Crippen molar-refractivity contribution in [1.29, 1.82) is 0 Å². The van der Waals surface area contributed by atoms with Crippen molar-refractivity contribution in [3.63, 3.8) is 0 Å². The Bertz CT molecular complexity index is 832. The van der Waals surface area contributed by atoms with Gasteiger partial charge in [-0.15, -0.1) is 0 Å². The standard InChI is InChI=1S/C20H26N4O3/c1-3-27-18-6-4-15(5-7-18)10-19(25)21-12-16-8-9-24(14-16)17-11-20(26)23(2)22-13-17/h4-7,11,13,16H,3,8-10,12,14H2,1-2H3,(H,21,25)/t16-/m1/s1. The molecule has 1 N–H and O–H groups in total. The Morgan fingerprint density at radius 3 is 2.81 bits per heavy atom. The first-order chi connectivity index (χ1) is 13.0. The molecule has 0 bridgehead atoms. The Balaban J connectivity index is 1.45. The minimum atomic E-state index is -0.111. The Morgan fingerprint density at radius 1 is 1.33 bits per heavy atom. The van der Waals surface area contributed by atoms with Crippen LogP contribution in [0.25, 0.3) is 0 Å². The van der Waals surface area contributed by atoms with Gasteiger partial charge in [0, 0.05) is 32.7 Å². The minimum absolute atomic E-state index is 0.0212. The maximum absolute atomic E-state index is 12.2. The third kappa shape index (κ3) is 5.09. The molecule has 1 saturated heterocycles. The zero-order valence-corrected chi connectivity index (χ0v) is 15.9. The number of nitrogens with zero attached hydrogens (tertiary/aromatic N) is 3. The van der Waals surface area contributed by atoms with E-state index in [0.717, 1.165) is 36.5 Å². The van der Waals surface area contributed by atoms with Gasteiger partial charge in [-0.3, -0.25) is 9.59 Å². The summed E-state index contributed by atoms with van der Waals surface area (Å²) in [6.45, 7) is 4.91. The number of benzene rings is 1. The molecule has 2 aromatic rings. The lowest BCUT2D eigenvalue weighted by Gasteiger charge is -2.18. The number of ether oxygens (including phenoxy) is 1. The van der Waals surface area contributed by atoms with E-state index in [1.807, 2.05) is 31.2 Å². The van der Waals surface area contributed by atoms with Crippen LogP contribution in [0.5, 0.6) is 5.75 Å². The summed E-state index contributed by atoms with van der Waals surface area (Å²) in [4.78, 5) is 26.1. The van der Waals surface area contributed by atoms with Crippen LogP contribution in [0.15, 0.2) is 41.3 Å². The number of hydrogen-bond donors (Lipinski definition) is 1. The molecule has 0 radical (unpaired) electrons. The first-order valence-electron chi connectivity index (χ1n) is 9.32. The fraction of sp³-hybridized carbons (Fsp3) is 0.450. The van der Waals surface area contributed by atoms with Gasteiger partial charge >= 0.3 is 0 Å². The average Bonchev–Trinajstić information content (AvgIpc) is 3.13. The summed E-state index contributed by atoms with van der Waals surface area (Å²) in [6, 6.07) is 9.23. The molecule has 2 heterocycles. The summed E-state index contributed by atoms with van der Waals surface area (Å²) in [5.41, 5.74) is 1.70. The zero-order chi connectivity index (χ0) is 19.2. The van der Waals surface area contributed by atoms with Crippen LogP contribution in [0.4, 0.5) is 5.69 Å². The first kappa shape index (κ1) is 18.9. The largest absolute Gasteiger partial charge is 0.494 e. The number of anilines is 1. The lowest BCUT2D eigenvalue weighted by atomic mass is 10.1. The number of nitrogens with one attached hydrogen (secondary N) is 1. The van der Waals surface area contributed by atoms with E-state index in [-0.39, 0.29) is 11.5 Å². The van der Waals surface area contributed by atoms with Crippen LogP contribution in [-0.4, -0.2) is 41.9 Å². The molecule has 7 heteroatoms. The smallest absolute Gasteiger partial charge is 0.268 e. The van der Waals surface area contributed by atoms with Crippen molar-refractivity contribution < 1.29 is 9.53 Å². The monoisotopic (exact) mass is 370 g/mol. The molecule has 1 aliphatic rings. The highest BCUT2D eigenvalue weighted by atomic mass is 16.5. The maximum atomic E-state index is 12.2. The first-order valence-corrected chi connectivity index (χ1v) is 9.32. The second-order valence-corrected chi connectivity index (χ2v) is 6.83. The number of aryl methyl sites for hydroxylation is 1. The number of hydrogen-bond acceptors (Lipinski definition) is 5. The second kappa shape index (κ2) is 8.70. The van der Waals surface area contributed by atoms with Crippen molar-refractivity contribution in [2.24, 2.45) is 13.0 Å². The van der Waals surface area contributed by atoms with Crippen LogP contribution in [0, 0.1) is 5.92 Å². The number of carbonyl (C=O) groups is 1. The van der Waals surface area contributed by atoms with E-state index in [9.17, 15) is 9.59 Å². The minimum Gasteiger partial charge on any atom is -0.494 e. The molecule has 0 aliphatic carbocycles. The van der Waals surface area contributed by atoms with E-state index in [0.29, 0.717) is 25.5 Å². The van der Waals surface area contributed by atoms with Crippen LogP contribution in [0.3, 0.4) is 0 Å². The van der Waals surface area contributed by atoms with Gasteiger partial charge in [-0.25, -0.2) is 4.68 Å². The van der Waals surface area contributed by atoms with E-state index < -0.39 is 0 Å². The molecule has 1 aliphatic heterocycles. The molecule has 0 unspecified atom stereocenters. The van der Waals surface area contributed by atoms with E-state index in [2.05, 4.69) is 15.3 Å². The Hall–Kier alpha value is -2.83. The van der Waals surface area contributed by atoms with Crippen LogP contribution in [-0.2, 0) is 18.3 Å². The molecule has 0 saturated carbocycles. The van der Waals surface area contributed by atoms with Gasteiger partial charge in [0.25, 0.3) is 5.56 Å². The highest BCUT2D eigenvalue weighted by Crippen LogP contribution is 2.21. The molecular formula is C20H26N4O3. The Morgan fingerprint density at radius 2 is 2.11 bits per heavy atom. The van der Waals surface area contributed by atoms with Gasteiger partial charge in [-0.1, -0.05) is 12.1 Å². The van der Waals surface area contributed by atoms with Gasteiger partial charge in [0.1, 0.15) is 5.75 Å². The molecule has 1 atom stereocenters. The van der Waals surface area contributed by atoms with E-state index >= 15 is 0 Å². The van der Waals surface area contributed by atoms with Gasteiger partial charge in [-0.05, 0) is 37.0 Å². The Labute approximate surface area is 158 Å². The molecule has 0 spiro atoms. The van der Waals surface area contributed by atoms with Gasteiger partial charge in [-0.2, -0.15) is 5.10 Å². The number of rotatable bonds is 7. The zero-order valence-electron chi connectivity index (χ0n) is 15.9. The number of aromatic nitrogens is 2. The Kier molecular flexibility index (Phi) is 6.11. The highest BCUT2D eigenvalue weighted by molar-refractivity contribution is 5.78. The third-order valence-electron chi connectivity index (χ3n) is 4.79. The van der Waals surface area contributed by atoms with Crippen molar-refractivity contribution in [2.75, 3.05) is 31.1 Å². The predicted molar refractivity (Wildman–Crippen MR) is 104 cm³/mol. The van der Waals surface area contributed by atoms with Crippen LogP contribution in [0.2, 0.25) is 0 Å². The van der Waals surface area contributed by atoms with Crippen molar-refractivity contribution in [2.45, 2.75) is 19.8 Å².